The second kappa shape index (κ2) is 8.44. The van der Waals surface area contributed by atoms with E-state index in [9.17, 15) is 14.4 Å². The summed E-state index contributed by atoms with van der Waals surface area (Å²) in [5.41, 5.74) is 1.80. The average molecular weight is 404 g/mol. The van der Waals surface area contributed by atoms with Gasteiger partial charge in [-0.3, -0.25) is 9.69 Å². The average Bonchev–Trinajstić information content (AvgIpc) is 2.60. The number of imide groups is 1. The Morgan fingerprint density at radius 2 is 1.75 bits per heavy atom. The van der Waals surface area contributed by atoms with Crippen molar-refractivity contribution in [1.29, 1.82) is 0 Å². The van der Waals surface area contributed by atoms with Gasteiger partial charge in [-0.25, -0.2) is 9.69 Å². The zero-order valence-corrected chi connectivity index (χ0v) is 17.9. The van der Waals surface area contributed by atoms with Crippen molar-refractivity contribution < 1.29 is 19.1 Å². The van der Waals surface area contributed by atoms with E-state index in [0.717, 1.165) is 36.8 Å². The van der Waals surface area contributed by atoms with Gasteiger partial charge < -0.3 is 14.4 Å². The molecule has 0 spiro atoms. The van der Waals surface area contributed by atoms with Gasteiger partial charge in [0.15, 0.2) is 0 Å². The van der Waals surface area contributed by atoms with Crippen molar-refractivity contribution in [3.63, 3.8) is 0 Å². The van der Waals surface area contributed by atoms with E-state index in [1.54, 1.807) is 4.90 Å². The Bertz CT molecular complexity index is 726. The smallest absolute Gasteiger partial charge is 0.333 e. The third-order valence-electron chi connectivity index (χ3n) is 5.16. The summed E-state index contributed by atoms with van der Waals surface area (Å²) in [6.07, 6.45) is 1.28. The van der Waals surface area contributed by atoms with Crippen molar-refractivity contribution in [2.75, 3.05) is 42.8 Å². The SMILES string of the molecule is C[Si](C)(C)CCOCN1C(=O)CCN(c2ccc(N3CC(C=O)C3)cc2)C1=O. The molecule has 152 valence electrons. The summed E-state index contributed by atoms with van der Waals surface area (Å²) in [6.45, 7) is 9.22. The van der Waals surface area contributed by atoms with Crippen LogP contribution in [0.5, 0.6) is 0 Å². The normalized spacial score (nSPS) is 18.5. The highest BCUT2D eigenvalue weighted by molar-refractivity contribution is 6.76. The number of carbonyl (C=O) groups excluding carboxylic acids is 3. The van der Waals surface area contributed by atoms with Crippen molar-refractivity contribution in [2.24, 2.45) is 5.92 Å². The molecule has 8 heteroatoms. The molecule has 0 radical (unpaired) electrons. The van der Waals surface area contributed by atoms with Gasteiger partial charge >= 0.3 is 6.03 Å². The van der Waals surface area contributed by atoms with Crippen LogP contribution < -0.4 is 9.80 Å². The molecule has 0 aromatic heterocycles. The molecule has 0 atom stereocenters. The van der Waals surface area contributed by atoms with Crippen LogP contribution in [0.3, 0.4) is 0 Å². The van der Waals surface area contributed by atoms with Crippen LogP contribution >= 0.6 is 0 Å². The second-order valence-electron chi connectivity index (χ2n) is 8.67. The minimum Gasteiger partial charge on any atom is -0.370 e. The van der Waals surface area contributed by atoms with Crippen LogP contribution in [0.4, 0.5) is 16.2 Å². The zero-order chi connectivity index (χ0) is 20.3. The van der Waals surface area contributed by atoms with E-state index in [4.69, 9.17) is 4.74 Å². The third-order valence-corrected chi connectivity index (χ3v) is 6.86. The Labute approximate surface area is 167 Å². The standard InChI is InChI=1S/C20H29N3O4Si/c1-28(2,3)11-10-27-15-23-19(25)8-9-22(20(23)26)18-6-4-17(5-7-18)21-12-16(13-21)14-24/h4-7,14,16H,8-13,15H2,1-3H3. The van der Waals surface area contributed by atoms with Crippen LogP contribution in [-0.4, -0.2) is 64.2 Å². The fourth-order valence-corrected chi connectivity index (χ4v) is 4.00. The van der Waals surface area contributed by atoms with Gasteiger partial charge in [0.1, 0.15) is 13.0 Å². The van der Waals surface area contributed by atoms with E-state index < -0.39 is 8.07 Å². The first-order chi connectivity index (χ1) is 13.3. The number of carbonyl (C=O) groups is 3. The van der Waals surface area contributed by atoms with E-state index >= 15 is 0 Å². The monoisotopic (exact) mass is 403 g/mol. The predicted octanol–water partition coefficient (Wildman–Crippen LogP) is 2.79. The third kappa shape index (κ3) is 4.80. The minimum atomic E-state index is -1.21. The quantitative estimate of drug-likeness (QED) is 0.379. The molecule has 0 N–H and O–H groups in total. The van der Waals surface area contributed by atoms with Gasteiger partial charge in [0.2, 0.25) is 5.91 Å². The lowest BCUT2D eigenvalue weighted by atomic mass is 10.0. The first-order valence-electron chi connectivity index (χ1n) is 9.78. The summed E-state index contributed by atoms with van der Waals surface area (Å²) >= 11 is 0. The maximum absolute atomic E-state index is 12.8. The molecule has 0 aliphatic carbocycles. The molecular weight excluding hydrogens is 374 g/mol. The van der Waals surface area contributed by atoms with Gasteiger partial charge in [-0.1, -0.05) is 19.6 Å². The van der Waals surface area contributed by atoms with Gasteiger partial charge in [0, 0.05) is 58.0 Å². The maximum atomic E-state index is 12.8. The Hall–Kier alpha value is -2.19. The number of anilines is 2. The number of amides is 3. The summed E-state index contributed by atoms with van der Waals surface area (Å²) in [4.78, 5) is 40.7. The van der Waals surface area contributed by atoms with Crippen molar-refractivity contribution in [1.82, 2.24) is 4.90 Å². The number of benzene rings is 1. The number of urea groups is 1. The fraction of sp³-hybridized carbons (Fsp3) is 0.550. The minimum absolute atomic E-state index is 0.0115. The second-order valence-corrected chi connectivity index (χ2v) is 14.3. The molecule has 1 aromatic rings. The number of hydrogen-bond acceptors (Lipinski definition) is 5. The molecule has 2 aliphatic heterocycles. The van der Waals surface area contributed by atoms with E-state index in [-0.39, 0.29) is 31.0 Å². The first kappa shape index (κ1) is 20.5. The molecule has 0 bridgehead atoms. The number of ether oxygens (including phenoxy) is 1. The van der Waals surface area contributed by atoms with Gasteiger partial charge in [-0.05, 0) is 30.3 Å². The molecule has 3 rings (SSSR count). The predicted molar refractivity (Wildman–Crippen MR) is 111 cm³/mol. The van der Waals surface area contributed by atoms with Crippen LogP contribution in [0.1, 0.15) is 6.42 Å². The maximum Gasteiger partial charge on any atom is 0.333 e. The molecule has 7 nitrogen and oxygen atoms in total. The van der Waals surface area contributed by atoms with Crippen molar-refractivity contribution >= 4 is 37.7 Å². The molecule has 2 saturated heterocycles. The Morgan fingerprint density at radius 3 is 2.36 bits per heavy atom. The summed E-state index contributed by atoms with van der Waals surface area (Å²) in [6, 6.07) is 8.35. The lowest BCUT2D eigenvalue weighted by Gasteiger charge is -2.38. The van der Waals surface area contributed by atoms with Crippen LogP contribution in [0.15, 0.2) is 24.3 Å². The fourth-order valence-electron chi connectivity index (χ4n) is 3.24. The number of rotatable bonds is 8. The first-order valence-corrected chi connectivity index (χ1v) is 13.5. The molecule has 0 saturated carbocycles. The Balaban J connectivity index is 1.58. The molecular formula is C20H29N3O4Si. The van der Waals surface area contributed by atoms with Crippen molar-refractivity contribution in [3.8, 4) is 0 Å². The highest BCUT2D eigenvalue weighted by Crippen LogP contribution is 2.27. The van der Waals surface area contributed by atoms with Crippen molar-refractivity contribution in [2.45, 2.75) is 32.1 Å². The summed E-state index contributed by atoms with van der Waals surface area (Å²) in [5.74, 6) is -0.0739. The van der Waals surface area contributed by atoms with Crippen LogP contribution in [0, 0.1) is 5.92 Å². The van der Waals surface area contributed by atoms with E-state index in [2.05, 4.69) is 24.5 Å². The topological polar surface area (TPSA) is 70.2 Å². The molecule has 0 unspecified atom stereocenters. The van der Waals surface area contributed by atoms with E-state index in [1.807, 2.05) is 24.3 Å². The number of aldehydes is 1. The molecule has 3 amide bonds. The number of nitrogens with zero attached hydrogens (tertiary/aromatic N) is 3. The van der Waals surface area contributed by atoms with Crippen LogP contribution in [0.25, 0.3) is 0 Å². The van der Waals surface area contributed by atoms with E-state index in [0.29, 0.717) is 13.2 Å². The summed E-state index contributed by atoms with van der Waals surface area (Å²) < 4.78 is 5.62. The summed E-state index contributed by atoms with van der Waals surface area (Å²) in [7, 11) is -1.21. The molecule has 2 aliphatic rings. The van der Waals surface area contributed by atoms with Gasteiger partial charge in [0.05, 0.1) is 0 Å². The Morgan fingerprint density at radius 1 is 1.11 bits per heavy atom. The van der Waals surface area contributed by atoms with Gasteiger partial charge in [-0.15, -0.1) is 0 Å². The van der Waals surface area contributed by atoms with E-state index in [1.165, 1.54) is 4.90 Å². The largest absolute Gasteiger partial charge is 0.370 e. The molecule has 28 heavy (non-hydrogen) atoms. The van der Waals surface area contributed by atoms with Crippen LogP contribution in [0.2, 0.25) is 25.7 Å². The van der Waals surface area contributed by atoms with Gasteiger partial charge in [-0.2, -0.15) is 0 Å². The van der Waals surface area contributed by atoms with Gasteiger partial charge in [0.25, 0.3) is 0 Å². The lowest BCUT2D eigenvalue weighted by Crippen LogP contribution is -2.53. The lowest BCUT2D eigenvalue weighted by molar-refractivity contribution is -0.133. The molecule has 2 heterocycles. The Kier molecular flexibility index (Phi) is 6.19. The highest BCUT2D eigenvalue weighted by Gasteiger charge is 2.33. The highest BCUT2D eigenvalue weighted by atomic mass is 28.3. The summed E-state index contributed by atoms with van der Waals surface area (Å²) in [5, 5.41) is 0. The zero-order valence-electron chi connectivity index (χ0n) is 16.9. The van der Waals surface area contributed by atoms with Crippen LogP contribution in [-0.2, 0) is 14.3 Å². The number of hydrogen-bond donors (Lipinski definition) is 0. The molecule has 1 aromatic carbocycles. The van der Waals surface area contributed by atoms with Crippen molar-refractivity contribution in [3.05, 3.63) is 24.3 Å². The molecule has 2 fully saturated rings.